The summed E-state index contributed by atoms with van der Waals surface area (Å²) in [7, 11) is 0. The molecular weight excluding hydrogens is 266 g/mol. The van der Waals surface area contributed by atoms with Crippen LogP contribution in [0.1, 0.15) is 36.8 Å². The minimum atomic E-state index is -0.770. The Bertz CT molecular complexity index is 579. The fourth-order valence-corrected chi connectivity index (χ4v) is 3.38. The molecule has 3 rings (SSSR count). The molecule has 2 aliphatic rings. The lowest BCUT2D eigenvalue weighted by molar-refractivity contribution is -0.142. The van der Waals surface area contributed by atoms with Gasteiger partial charge in [-0.05, 0) is 36.8 Å². The number of hydrogen-bond donors (Lipinski definition) is 2. The van der Waals surface area contributed by atoms with Crippen molar-refractivity contribution >= 4 is 11.7 Å². The Kier molecular flexibility index (Phi) is 3.57. The highest BCUT2D eigenvalue weighted by Crippen LogP contribution is 2.43. The molecule has 0 unspecified atom stereocenters. The first-order valence-electron chi connectivity index (χ1n) is 7.51. The number of carbonyl (C=O) groups excluding carboxylic acids is 1. The molecule has 0 radical (unpaired) electrons. The molecule has 21 heavy (non-hydrogen) atoms. The summed E-state index contributed by atoms with van der Waals surface area (Å²) in [5.74, 6) is 0.0806. The molecule has 0 saturated heterocycles. The standard InChI is InChI=1S/C16H21N3O2/c17-14(18-21)16(8-4-9-16)15(20)19-10-3-7-12-5-1-2-6-13(12)11-19/h1-2,5-6,21H,3-4,7-11H2,(H2,17,18). The third kappa shape index (κ3) is 2.26. The van der Waals surface area contributed by atoms with Gasteiger partial charge >= 0.3 is 0 Å². The Morgan fingerprint density at radius 1 is 1.24 bits per heavy atom. The highest BCUT2D eigenvalue weighted by molar-refractivity contribution is 6.07. The maximum atomic E-state index is 12.9. The smallest absolute Gasteiger partial charge is 0.236 e. The Morgan fingerprint density at radius 3 is 2.57 bits per heavy atom. The molecule has 3 N–H and O–H groups in total. The Labute approximate surface area is 124 Å². The zero-order valence-electron chi connectivity index (χ0n) is 12.1. The largest absolute Gasteiger partial charge is 0.409 e. The highest BCUT2D eigenvalue weighted by atomic mass is 16.4. The van der Waals surface area contributed by atoms with Gasteiger partial charge in [0.1, 0.15) is 5.41 Å². The Balaban J connectivity index is 1.85. The fraction of sp³-hybridized carbons (Fsp3) is 0.500. The van der Waals surface area contributed by atoms with E-state index < -0.39 is 5.41 Å². The highest BCUT2D eigenvalue weighted by Gasteiger charge is 2.50. The van der Waals surface area contributed by atoms with E-state index in [9.17, 15) is 4.79 Å². The molecule has 1 aliphatic heterocycles. The van der Waals surface area contributed by atoms with Crippen molar-refractivity contribution in [1.82, 2.24) is 4.90 Å². The van der Waals surface area contributed by atoms with Crippen LogP contribution in [0, 0.1) is 5.41 Å². The van der Waals surface area contributed by atoms with Crippen LogP contribution in [0.2, 0.25) is 0 Å². The molecule has 0 atom stereocenters. The monoisotopic (exact) mass is 287 g/mol. The van der Waals surface area contributed by atoms with Crippen LogP contribution in [0.5, 0.6) is 0 Å². The Hall–Kier alpha value is -2.04. The van der Waals surface area contributed by atoms with Crippen LogP contribution >= 0.6 is 0 Å². The zero-order chi connectivity index (χ0) is 14.9. The second-order valence-corrected chi connectivity index (χ2v) is 6.02. The van der Waals surface area contributed by atoms with Gasteiger partial charge in [-0.25, -0.2) is 0 Å². The lowest BCUT2D eigenvalue weighted by atomic mass is 9.66. The first-order valence-corrected chi connectivity index (χ1v) is 7.51. The third-order valence-electron chi connectivity index (χ3n) is 4.86. The molecule has 0 aromatic heterocycles. The summed E-state index contributed by atoms with van der Waals surface area (Å²) in [4.78, 5) is 14.8. The summed E-state index contributed by atoms with van der Waals surface area (Å²) in [5.41, 5.74) is 7.56. The van der Waals surface area contributed by atoms with E-state index in [0.717, 1.165) is 25.8 Å². The van der Waals surface area contributed by atoms with Crippen LogP contribution in [0.3, 0.4) is 0 Å². The number of nitrogens with zero attached hydrogens (tertiary/aromatic N) is 2. The minimum Gasteiger partial charge on any atom is -0.409 e. The second kappa shape index (κ2) is 5.39. The van der Waals surface area contributed by atoms with E-state index >= 15 is 0 Å². The average molecular weight is 287 g/mol. The van der Waals surface area contributed by atoms with Gasteiger partial charge in [-0.3, -0.25) is 4.79 Å². The molecule has 1 aliphatic carbocycles. The summed E-state index contributed by atoms with van der Waals surface area (Å²) >= 11 is 0. The molecule has 0 spiro atoms. The number of hydrogen-bond acceptors (Lipinski definition) is 3. The van der Waals surface area contributed by atoms with Gasteiger partial charge in [0, 0.05) is 13.1 Å². The number of fused-ring (bicyclic) bond motifs is 1. The maximum Gasteiger partial charge on any atom is 0.236 e. The molecule has 5 nitrogen and oxygen atoms in total. The lowest BCUT2D eigenvalue weighted by Crippen LogP contribution is -2.55. The van der Waals surface area contributed by atoms with Gasteiger partial charge in [0.05, 0.1) is 0 Å². The van der Waals surface area contributed by atoms with E-state index in [4.69, 9.17) is 10.9 Å². The van der Waals surface area contributed by atoms with Gasteiger partial charge in [-0.15, -0.1) is 0 Å². The SMILES string of the molecule is N/C(=N/O)C1(C(=O)N2CCCc3ccccc3C2)CCC1. The van der Waals surface area contributed by atoms with Crippen molar-refractivity contribution in [3.05, 3.63) is 35.4 Å². The molecule has 5 heteroatoms. The van der Waals surface area contributed by atoms with E-state index in [2.05, 4.69) is 17.3 Å². The van der Waals surface area contributed by atoms with E-state index in [-0.39, 0.29) is 11.7 Å². The van der Waals surface area contributed by atoms with Gasteiger partial charge in [0.2, 0.25) is 5.91 Å². The summed E-state index contributed by atoms with van der Waals surface area (Å²) < 4.78 is 0. The quantitative estimate of drug-likeness (QED) is 0.377. The van der Waals surface area contributed by atoms with Crippen LogP contribution in [0.4, 0.5) is 0 Å². The van der Waals surface area contributed by atoms with Crippen molar-refractivity contribution < 1.29 is 10.0 Å². The molecule has 1 fully saturated rings. The van der Waals surface area contributed by atoms with Crippen molar-refractivity contribution in [2.24, 2.45) is 16.3 Å². The molecule has 1 aromatic carbocycles. The number of carbonyl (C=O) groups is 1. The predicted molar refractivity (Wildman–Crippen MR) is 79.9 cm³/mol. The van der Waals surface area contributed by atoms with Crippen LogP contribution < -0.4 is 5.73 Å². The number of amidine groups is 1. The predicted octanol–water partition coefficient (Wildman–Crippen LogP) is 1.88. The first-order chi connectivity index (χ1) is 10.2. The van der Waals surface area contributed by atoms with E-state index in [1.165, 1.54) is 11.1 Å². The van der Waals surface area contributed by atoms with Gasteiger partial charge in [-0.2, -0.15) is 0 Å². The van der Waals surface area contributed by atoms with Gasteiger partial charge in [-0.1, -0.05) is 35.8 Å². The molecule has 1 aromatic rings. The Morgan fingerprint density at radius 2 is 1.95 bits per heavy atom. The van der Waals surface area contributed by atoms with Crippen molar-refractivity contribution in [2.75, 3.05) is 6.54 Å². The van der Waals surface area contributed by atoms with Crippen LogP contribution in [0.15, 0.2) is 29.4 Å². The number of aryl methyl sites for hydroxylation is 1. The summed E-state index contributed by atoms with van der Waals surface area (Å²) in [6, 6.07) is 8.26. The van der Waals surface area contributed by atoms with Crippen molar-refractivity contribution in [2.45, 2.75) is 38.6 Å². The number of benzene rings is 1. The van der Waals surface area contributed by atoms with Crippen molar-refractivity contribution in [3.8, 4) is 0 Å². The van der Waals surface area contributed by atoms with Gasteiger partial charge < -0.3 is 15.8 Å². The fourth-order valence-electron chi connectivity index (χ4n) is 3.38. The van der Waals surface area contributed by atoms with Crippen LogP contribution in [-0.4, -0.2) is 28.4 Å². The van der Waals surface area contributed by atoms with E-state index in [1.54, 1.807) is 0 Å². The summed E-state index contributed by atoms with van der Waals surface area (Å²) in [6.45, 7) is 1.35. The first kappa shape index (κ1) is 13.9. The molecule has 1 saturated carbocycles. The number of oxime groups is 1. The second-order valence-electron chi connectivity index (χ2n) is 6.02. The van der Waals surface area contributed by atoms with Gasteiger partial charge in [0.25, 0.3) is 0 Å². The number of rotatable bonds is 2. The normalized spacial score (nSPS) is 21.1. The van der Waals surface area contributed by atoms with Gasteiger partial charge in [0.15, 0.2) is 5.84 Å². The van der Waals surface area contributed by atoms with E-state index in [0.29, 0.717) is 19.4 Å². The topological polar surface area (TPSA) is 78.9 Å². The average Bonchev–Trinajstić information content (AvgIpc) is 2.67. The van der Waals surface area contributed by atoms with Crippen LogP contribution in [0.25, 0.3) is 0 Å². The molecule has 1 heterocycles. The van der Waals surface area contributed by atoms with E-state index in [1.807, 2.05) is 17.0 Å². The van der Waals surface area contributed by atoms with Crippen molar-refractivity contribution in [3.63, 3.8) is 0 Å². The molecule has 0 bridgehead atoms. The zero-order valence-corrected chi connectivity index (χ0v) is 12.1. The van der Waals surface area contributed by atoms with Crippen LogP contribution in [-0.2, 0) is 17.8 Å². The maximum absolute atomic E-state index is 12.9. The lowest BCUT2D eigenvalue weighted by Gasteiger charge is -2.42. The number of nitrogens with two attached hydrogens (primary N) is 1. The number of amides is 1. The minimum absolute atomic E-state index is 0.0146. The van der Waals surface area contributed by atoms with Crippen molar-refractivity contribution in [1.29, 1.82) is 0 Å². The molecule has 1 amide bonds. The molecular formula is C16H21N3O2. The molecule has 112 valence electrons. The summed E-state index contributed by atoms with van der Waals surface area (Å²) in [5, 5.41) is 12.1. The third-order valence-corrected chi connectivity index (χ3v) is 4.86. The summed E-state index contributed by atoms with van der Waals surface area (Å²) in [6.07, 6.45) is 4.26.